The molecule has 0 bridgehead atoms. The lowest BCUT2D eigenvalue weighted by atomic mass is 9.59. The molecule has 4 rings (SSSR count). The van der Waals surface area contributed by atoms with Crippen molar-refractivity contribution < 1.29 is 5.11 Å². The van der Waals surface area contributed by atoms with Crippen LogP contribution in [0.3, 0.4) is 0 Å². The summed E-state index contributed by atoms with van der Waals surface area (Å²) in [6, 6.07) is 6.02. The molecular weight excluding hydrogens is 280 g/mol. The highest BCUT2D eigenvalue weighted by molar-refractivity contribution is 5.48. The molecule has 1 aromatic rings. The molecule has 23 heavy (non-hydrogen) atoms. The first kappa shape index (κ1) is 15.1. The maximum Gasteiger partial charge on any atom is 0.115 e. The van der Waals surface area contributed by atoms with Crippen molar-refractivity contribution in [1.82, 2.24) is 0 Å². The molecule has 0 radical (unpaired) electrons. The van der Waals surface area contributed by atoms with E-state index in [-0.39, 0.29) is 0 Å². The van der Waals surface area contributed by atoms with E-state index in [2.05, 4.69) is 32.1 Å². The van der Waals surface area contributed by atoms with E-state index in [1.807, 2.05) is 12.1 Å². The van der Waals surface area contributed by atoms with E-state index in [1.54, 1.807) is 11.1 Å². The molecule has 3 unspecified atom stereocenters. The van der Waals surface area contributed by atoms with Crippen molar-refractivity contribution in [3.63, 3.8) is 0 Å². The molecule has 3 aliphatic rings. The molecule has 0 spiro atoms. The SMILES string of the molecule is CCC/C=C1/CCC2C3=CCc4cc(O)ccc4C3CCC12C. The molecule has 1 nitrogen and oxygen atoms in total. The number of rotatable bonds is 2. The first-order valence-electron chi connectivity index (χ1n) is 9.34. The third-order valence-electron chi connectivity index (χ3n) is 6.70. The van der Waals surface area contributed by atoms with Crippen molar-refractivity contribution in [3.8, 4) is 5.75 Å². The van der Waals surface area contributed by atoms with Crippen LogP contribution in [0.5, 0.6) is 5.75 Å². The van der Waals surface area contributed by atoms with Crippen LogP contribution in [-0.2, 0) is 6.42 Å². The highest BCUT2D eigenvalue weighted by Crippen LogP contribution is 2.61. The largest absolute Gasteiger partial charge is 0.508 e. The van der Waals surface area contributed by atoms with E-state index in [0.29, 0.717) is 17.1 Å². The van der Waals surface area contributed by atoms with Crippen LogP contribution in [0.4, 0.5) is 0 Å². The summed E-state index contributed by atoms with van der Waals surface area (Å²) in [5.74, 6) is 1.75. The molecular formula is C22H28O. The Labute approximate surface area is 140 Å². The lowest BCUT2D eigenvalue weighted by Crippen LogP contribution is -2.34. The van der Waals surface area contributed by atoms with Gasteiger partial charge in [-0.2, -0.15) is 0 Å². The van der Waals surface area contributed by atoms with Gasteiger partial charge in [0.1, 0.15) is 5.75 Å². The summed E-state index contributed by atoms with van der Waals surface area (Å²) in [4.78, 5) is 0. The van der Waals surface area contributed by atoms with Crippen molar-refractivity contribution in [3.05, 3.63) is 52.6 Å². The van der Waals surface area contributed by atoms with Crippen LogP contribution in [0.2, 0.25) is 0 Å². The van der Waals surface area contributed by atoms with Gasteiger partial charge in [-0.05, 0) is 73.1 Å². The minimum Gasteiger partial charge on any atom is -0.508 e. The topological polar surface area (TPSA) is 20.2 Å². The van der Waals surface area contributed by atoms with Gasteiger partial charge in [0.15, 0.2) is 0 Å². The van der Waals surface area contributed by atoms with Crippen LogP contribution in [0, 0.1) is 11.3 Å². The Bertz CT molecular complexity index is 681. The van der Waals surface area contributed by atoms with Gasteiger partial charge in [-0.3, -0.25) is 0 Å². The van der Waals surface area contributed by atoms with Crippen LogP contribution in [0.15, 0.2) is 41.5 Å². The Morgan fingerprint density at radius 1 is 1.30 bits per heavy atom. The molecule has 1 heteroatoms. The normalized spacial score (nSPS) is 33.8. The highest BCUT2D eigenvalue weighted by Gasteiger charge is 2.49. The number of aromatic hydroxyl groups is 1. The van der Waals surface area contributed by atoms with Crippen molar-refractivity contribution in [1.29, 1.82) is 0 Å². The molecule has 122 valence electrons. The van der Waals surface area contributed by atoms with Gasteiger partial charge in [0.25, 0.3) is 0 Å². The smallest absolute Gasteiger partial charge is 0.115 e. The van der Waals surface area contributed by atoms with E-state index in [0.717, 1.165) is 12.3 Å². The lowest BCUT2D eigenvalue weighted by Gasteiger charge is -2.45. The third kappa shape index (κ3) is 2.28. The number of hydrogen-bond donors (Lipinski definition) is 1. The summed E-state index contributed by atoms with van der Waals surface area (Å²) in [6.45, 7) is 4.80. The van der Waals surface area contributed by atoms with Crippen molar-refractivity contribution in [2.75, 3.05) is 0 Å². The molecule has 2 saturated carbocycles. The third-order valence-corrected chi connectivity index (χ3v) is 6.70. The first-order chi connectivity index (χ1) is 11.1. The van der Waals surface area contributed by atoms with Crippen LogP contribution in [0.1, 0.15) is 69.4 Å². The summed E-state index contributed by atoms with van der Waals surface area (Å²) < 4.78 is 0. The quantitative estimate of drug-likeness (QED) is 0.675. The zero-order chi connectivity index (χ0) is 16.0. The molecule has 0 aliphatic heterocycles. The number of phenolic OH excluding ortho intramolecular Hbond substituents is 1. The fourth-order valence-electron chi connectivity index (χ4n) is 5.46. The predicted molar refractivity (Wildman–Crippen MR) is 95.7 cm³/mol. The number of phenols is 1. The van der Waals surface area contributed by atoms with E-state index in [9.17, 15) is 5.11 Å². The van der Waals surface area contributed by atoms with Gasteiger partial charge in [-0.1, -0.05) is 49.6 Å². The van der Waals surface area contributed by atoms with Crippen LogP contribution >= 0.6 is 0 Å². The number of fused-ring (bicyclic) bond motifs is 5. The fraction of sp³-hybridized carbons (Fsp3) is 0.545. The second kappa shape index (κ2) is 5.54. The summed E-state index contributed by atoms with van der Waals surface area (Å²) >= 11 is 0. The number of unbranched alkanes of at least 4 members (excludes halogenated alkanes) is 1. The van der Waals surface area contributed by atoms with E-state index in [1.165, 1.54) is 49.7 Å². The molecule has 1 N–H and O–H groups in total. The van der Waals surface area contributed by atoms with Gasteiger partial charge in [0, 0.05) is 5.92 Å². The van der Waals surface area contributed by atoms with E-state index in [4.69, 9.17) is 0 Å². The summed E-state index contributed by atoms with van der Waals surface area (Å²) in [5, 5.41) is 9.76. The Balaban J connectivity index is 1.68. The Morgan fingerprint density at radius 2 is 2.17 bits per heavy atom. The number of allylic oxidation sites excluding steroid dienone is 4. The molecule has 0 amide bonds. The van der Waals surface area contributed by atoms with Gasteiger partial charge in [0.2, 0.25) is 0 Å². The molecule has 3 atom stereocenters. The van der Waals surface area contributed by atoms with Crippen LogP contribution in [0.25, 0.3) is 0 Å². The molecule has 0 aromatic heterocycles. The summed E-state index contributed by atoms with van der Waals surface area (Å²) in [5.41, 5.74) is 6.67. The summed E-state index contributed by atoms with van der Waals surface area (Å²) in [7, 11) is 0. The molecule has 1 aromatic carbocycles. The zero-order valence-electron chi connectivity index (χ0n) is 14.4. The van der Waals surface area contributed by atoms with Crippen molar-refractivity contribution in [2.45, 2.75) is 64.7 Å². The fourth-order valence-corrected chi connectivity index (χ4v) is 5.46. The standard InChI is InChI=1S/C22H28O/c1-3-4-5-16-7-11-21-20-9-6-15-14-17(23)8-10-18(15)19(20)12-13-22(16,21)2/h5,8-10,14,19,21,23H,3-4,6-7,11-13H2,1-2H3/b16-5-. The maximum absolute atomic E-state index is 9.76. The monoisotopic (exact) mass is 308 g/mol. The van der Waals surface area contributed by atoms with Gasteiger partial charge in [-0.15, -0.1) is 0 Å². The first-order valence-corrected chi connectivity index (χ1v) is 9.34. The maximum atomic E-state index is 9.76. The van der Waals surface area contributed by atoms with Crippen LogP contribution in [-0.4, -0.2) is 5.11 Å². The van der Waals surface area contributed by atoms with Gasteiger partial charge in [-0.25, -0.2) is 0 Å². The second-order valence-corrected chi connectivity index (χ2v) is 7.91. The molecule has 0 heterocycles. The van der Waals surface area contributed by atoms with Crippen molar-refractivity contribution in [2.24, 2.45) is 11.3 Å². The molecule has 0 saturated heterocycles. The Hall–Kier alpha value is -1.50. The molecule has 3 aliphatic carbocycles. The Kier molecular flexibility index (Phi) is 3.63. The highest BCUT2D eigenvalue weighted by atomic mass is 16.3. The van der Waals surface area contributed by atoms with Gasteiger partial charge in [0.05, 0.1) is 0 Å². The number of hydrogen-bond acceptors (Lipinski definition) is 1. The summed E-state index contributed by atoms with van der Waals surface area (Å²) in [6.07, 6.45) is 13.8. The average molecular weight is 308 g/mol. The van der Waals surface area contributed by atoms with Crippen molar-refractivity contribution >= 4 is 0 Å². The van der Waals surface area contributed by atoms with Gasteiger partial charge >= 0.3 is 0 Å². The molecule has 2 fully saturated rings. The Morgan fingerprint density at radius 3 is 3.00 bits per heavy atom. The average Bonchev–Trinajstić information content (AvgIpc) is 2.89. The lowest BCUT2D eigenvalue weighted by molar-refractivity contribution is 0.229. The zero-order valence-corrected chi connectivity index (χ0v) is 14.4. The predicted octanol–water partition coefficient (Wildman–Crippen LogP) is 5.89. The second-order valence-electron chi connectivity index (χ2n) is 7.91. The van der Waals surface area contributed by atoms with Gasteiger partial charge < -0.3 is 5.11 Å². The minimum atomic E-state index is 0.409. The van der Waals surface area contributed by atoms with E-state index >= 15 is 0 Å². The van der Waals surface area contributed by atoms with E-state index < -0.39 is 0 Å². The number of benzene rings is 1. The minimum absolute atomic E-state index is 0.409. The van der Waals surface area contributed by atoms with Crippen LogP contribution < -0.4 is 0 Å².